The van der Waals surface area contributed by atoms with Gasteiger partial charge in [-0.1, -0.05) is 30.3 Å². The van der Waals surface area contributed by atoms with Crippen LogP contribution in [0.1, 0.15) is 5.56 Å². The zero-order valence-corrected chi connectivity index (χ0v) is 10.1. The molecule has 0 saturated heterocycles. The molecule has 17 heavy (non-hydrogen) atoms. The molecule has 0 bridgehead atoms. The fraction of sp³-hybridized carbons (Fsp3) is 0.154. The Morgan fingerprint density at radius 2 is 2.06 bits per heavy atom. The largest absolute Gasteiger partial charge is 0.324 e. The highest BCUT2D eigenvalue weighted by molar-refractivity contribution is 7.08. The second kappa shape index (κ2) is 5.61. The number of benzene rings is 1. The topological polar surface area (TPSA) is 55.1 Å². The van der Waals surface area contributed by atoms with Crippen molar-refractivity contribution in [2.45, 2.75) is 12.5 Å². The molecule has 1 atom stereocenters. The third kappa shape index (κ3) is 3.41. The third-order valence-electron chi connectivity index (χ3n) is 2.42. The molecule has 0 fully saturated rings. The summed E-state index contributed by atoms with van der Waals surface area (Å²) in [5.41, 5.74) is 7.74. The number of nitrogens with two attached hydrogens (primary N) is 1. The van der Waals surface area contributed by atoms with E-state index < -0.39 is 6.04 Å². The van der Waals surface area contributed by atoms with Gasteiger partial charge < -0.3 is 11.1 Å². The van der Waals surface area contributed by atoms with Crippen LogP contribution < -0.4 is 11.1 Å². The molecule has 3 N–H and O–H groups in total. The highest BCUT2D eigenvalue weighted by atomic mass is 32.1. The van der Waals surface area contributed by atoms with Gasteiger partial charge in [-0.15, -0.1) is 0 Å². The van der Waals surface area contributed by atoms with Crippen molar-refractivity contribution in [3.63, 3.8) is 0 Å². The van der Waals surface area contributed by atoms with Crippen molar-refractivity contribution in [3.05, 3.63) is 52.7 Å². The number of carbonyl (C=O) groups is 1. The van der Waals surface area contributed by atoms with Crippen LogP contribution in [0.15, 0.2) is 47.2 Å². The quantitative estimate of drug-likeness (QED) is 0.869. The van der Waals surface area contributed by atoms with Crippen molar-refractivity contribution in [1.29, 1.82) is 0 Å². The Hall–Kier alpha value is -1.65. The molecular weight excluding hydrogens is 232 g/mol. The molecule has 0 spiro atoms. The molecule has 0 radical (unpaired) electrons. The first-order chi connectivity index (χ1) is 8.25. The predicted molar refractivity (Wildman–Crippen MR) is 71.1 cm³/mol. The van der Waals surface area contributed by atoms with Gasteiger partial charge in [-0.3, -0.25) is 4.79 Å². The summed E-state index contributed by atoms with van der Waals surface area (Å²) in [5.74, 6) is -0.146. The van der Waals surface area contributed by atoms with Crippen LogP contribution in [0, 0.1) is 0 Å². The third-order valence-corrected chi connectivity index (χ3v) is 3.11. The zero-order chi connectivity index (χ0) is 12.1. The first-order valence-corrected chi connectivity index (χ1v) is 6.32. The SMILES string of the molecule is N[C@@H](Cc1ccccc1)C(=O)Nc1ccsc1. The Balaban J connectivity index is 1.92. The van der Waals surface area contributed by atoms with Gasteiger partial charge in [-0.2, -0.15) is 11.3 Å². The average molecular weight is 246 g/mol. The standard InChI is InChI=1S/C13H14N2OS/c14-12(8-10-4-2-1-3-5-10)13(16)15-11-6-7-17-9-11/h1-7,9,12H,8,14H2,(H,15,16)/t12-/m0/s1. The summed E-state index contributed by atoms with van der Waals surface area (Å²) in [6, 6.07) is 11.1. The van der Waals surface area contributed by atoms with E-state index in [1.54, 1.807) is 11.3 Å². The Bertz CT molecular complexity index is 467. The monoisotopic (exact) mass is 246 g/mol. The van der Waals surface area contributed by atoms with E-state index in [0.717, 1.165) is 11.3 Å². The summed E-state index contributed by atoms with van der Waals surface area (Å²) >= 11 is 1.54. The lowest BCUT2D eigenvalue weighted by atomic mass is 10.1. The second-order valence-electron chi connectivity index (χ2n) is 3.80. The Morgan fingerprint density at radius 3 is 2.71 bits per heavy atom. The fourth-order valence-electron chi connectivity index (χ4n) is 1.53. The summed E-state index contributed by atoms with van der Waals surface area (Å²) in [4.78, 5) is 11.8. The number of hydrogen-bond donors (Lipinski definition) is 2. The summed E-state index contributed by atoms with van der Waals surface area (Å²) in [6.07, 6.45) is 0.552. The molecule has 0 unspecified atom stereocenters. The van der Waals surface area contributed by atoms with E-state index in [1.807, 2.05) is 47.2 Å². The lowest BCUT2D eigenvalue weighted by molar-refractivity contribution is -0.117. The highest BCUT2D eigenvalue weighted by Gasteiger charge is 2.14. The van der Waals surface area contributed by atoms with Gasteiger partial charge in [-0.25, -0.2) is 0 Å². The molecule has 1 heterocycles. The second-order valence-corrected chi connectivity index (χ2v) is 4.58. The van der Waals surface area contributed by atoms with Crippen molar-refractivity contribution in [3.8, 4) is 0 Å². The number of rotatable bonds is 4. The minimum atomic E-state index is -0.516. The van der Waals surface area contributed by atoms with Gasteiger partial charge in [0.05, 0.1) is 11.7 Å². The maximum absolute atomic E-state index is 11.8. The van der Waals surface area contributed by atoms with Crippen LogP contribution in [-0.2, 0) is 11.2 Å². The number of thiophene rings is 1. The fourth-order valence-corrected chi connectivity index (χ4v) is 2.12. The van der Waals surface area contributed by atoms with Gasteiger partial charge >= 0.3 is 0 Å². The van der Waals surface area contributed by atoms with Crippen LogP contribution in [0.2, 0.25) is 0 Å². The predicted octanol–water partition coefficient (Wildman–Crippen LogP) is 2.26. The van der Waals surface area contributed by atoms with E-state index in [0.29, 0.717) is 6.42 Å². The molecule has 0 aliphatic rings. The van der Waals surface area contributed by atoms with Crippen molar-refractivity contribution in [2.75, 3.05) is 5.32 Å². The lowest BCUT2D eigenvalue weighted by Gasteiger charge is -2.11. The lowest BCUT2D eigenvalue weighted by Crippen LogP contribution is -2.37. The molecular formula is C13H14N2OS. The highest BCUT2D eigenvalue weighted by Crippen LogP contribution is 2.12. The van der Waals surface area contributed by atoms with E-state index in [-0.39, 0.29) is 5.91 Å². The van der Waals surface area contributed by atoms with E-state index in [4.69, 9.17) is 5.73 Å². The number of nitrogens with one attached hydrogen (secondary N) is 1. The van der Waals surface area contributed by atoms with Crippen LogP contribution in [0.4, 0.5) is 5.69 Å². The van der Waals surface area contributed by atoms with Gasteiger partial charge in [0.15, 0.2) is 0 Å². The maximum atomic E-state index is 11.8. The van der Waals surface area contributed by atoms with E-state index in [9.17, 15) is 4.79 Å². The average Bonchev–Trinajstić information content (AvgIpc) is 2.83. The summed E-state index contributed by atoms with van der Waals surface area (Å²) in [7, 11) is 0. The van der Waals surface area contributed by atoms with Crippen molar-refractivity contribution in [1.82, 2.24) is 0 Å². The number of anilines is 1. The molecule has 0 aliphatic carbocycles. The summed E-state index contributed by atoms with van der Waals surface area (Å²) in [5, 5.41) is 6.59. The Kier molecular flexibility index (Phi) is 3.90. The molecule has 0 aliphatic heterocycles. The van der Waals surface area contributed by atoms with Crippen LogP contribution in [0.3, 0.4) is 0 Å². The van der Waals surface area contributed by atoms with Gasteiger partial charge in [0, 0.05) is 5.38 Å². The Morgan fingerprint density at radius 1 is 1.29 bits per heavy atom. The minimum absolute atomic E-state index is 0.146. The molecule has 3 nitrogen and oxygen atoms in total. The van der Waals surface area contributed by atoms with Gasteiger partial charge in [-0.05, 0) is 23.4 Å². The van der Waals surface area contributed by atoms with Crippen LogP contribution in [0.5, 0.6) is 0 Å². The van der Waals surface area contributed by atoms with E-state index >= 15 is 0 Å². The van der Waals surface area contributed by atoms with Gasteiger partial charge in [0.25, 0.3) is 0 Å². The van der Waals surface area contributed by atoms with Crippen molar-refractivity contribution < 1.29 is 4.79 Å². The van der Waals surface area contributed by atoms with E-state index in [2.05, 4.69) is 5.32 Å². The minimum Gasteiger partial charge on any atom is -0.324 e. The van der Waals surface area contributed by atoms with Gasteiger partial charge in [0.1, 0.15) is 0 Å². The smallest absolute Gasteiger partial charge is 0.241 e. The zero-order valence-electron chi connectivity index (χ0n) is 9.30. The van der Waals surface area contributed by atoms with Crippen LogP contribution in [0.25, 0.3) is 0 Å². The van der Waals surface area contributed by atoms with Gasteiger partial charge in [0.2, 0.25) is 5.91 Å². The normalized spacial score (nSPS) is 12.1. The first kappa shape index (κ1) is 11.8. The molecule has 0 saturated carbocycles. The Labute approximate surface area is 104 Å². The molecule has 1 aromatic carbocycles. The maximum Gasteiger partial charge on any atom is 0.241 e. The van der Waals surface area contributed by atoms with Crippen LogP contribution in [-0.4, -0.2) is 11.9 Å². The van der Waals surface area contributed by atoms with Crippen LogP contribution >= 0.6 is 11.3 Å². The van der Waals surface area contributed by atoms with E-state index in [1.165, 1.54) is 0 Å². The van der Waals surface area contributed by atoms with Crippen molar-refractivity contribution in [2.24, 2.45) is 5.73 Å². The molecule has 2 aromatic rings. The molecule has 2 rings (SSSR count). The first-order valence-electron chi connectivity index (χ1n) is 5.38. The molecule has 1 amide bonds. The van der Waals surface area contributed by atoms with Crippen molar-refractivity contribution >= 4 is 22.9 Å². The molecule has 88 valence electrons. The molecule has 1 aromatic heterocycles. The summed E-state index contributed by atoms with van der Waals surface area (Å²) < 4.78 is 0. The summed E-state index contributed by atoms with van der Waals surface area (Å²) in [6.45, 7) is 0. The molecule has 4 heteroatoms. The number of carbonyl (C=O) groups excluding carboxylic acids is 1. The number of hydrogen-bond acceptors (Lipinski definition) is 3. The number of amides is 1.